The number of methoxy groups -OCH3 is 1. The van der Waals surface area contributed by atoms with Crippen LogP contribution in [-0.4, -0.2) is 29.5 Å². The number of aliphatic hydroxyl groups is 1. The SMILES string of the molecule is COc1ccc([N+](=O)[O-])cc1CSCCCO. The van der Waals surface area contributed by atoms with Gasteiger partial charge in [0.05, 0.1) is 12.0 Å². The molecule has 0 aliphatic heterocycles. The van der Waals surface area contributed by atoms with Gasteiger partial charge in [-0.05, 0) is 18.2 Å². The van der Waals surface area contributed by atoms with Crippen LogP contribution in [0.2, 0.25) is 0 Å². The van der Waals surface area contributed by atoms with Crippen LogP contribution in [0.15, 0.2) is 18.2 Å². The lowest BCUT2D eigenvalue weighted by atomic mass is 10.2. The molecule has 94 valence electrons. The minimum absolute atomic E-state index is 0.0727. The molecule has 17 heavy (non-hydrogen) atoms. The van der Waals surface area contributed by atoms with Gasteiger partial charge in [-0.25, -0.2) is 0 Å². The molecule has 1 aromatic rings. The molecule has 0 heterocycles. The molecule has 1 N–H and O–H groups in total. The van der Waals surface area contributed by atoms with E-state index in [0.717, 1.165) is 17.7 Å². The fraction of sp³-hybridized carbons (Fsp3) is 0.455. The zero-order chi connectivity index (χ0) is 12.7. The van der Waals surface area contributed by atoms with E-state index in [2.05, 4.69) is 0 Å². The summed E-state index contributed by atoms with van der Waals surface area (Å²) < 4.78 is 5.15. The first-order valence-corrected chi connectivity index (χ1v) is 6.34. The largest absolute Gasteiger partial charge is 0.496 e. The number of benzene rings is 1. The number of hydrogen-bond acceptors (Lipinski definition) is 5. The predicted octanol–water partition coefficient (Wildman–Crippen LogP) is 2.22. The van der Waals surface area contributed by atoms with Gasteiger partial charge in [-0.1, -0.05) is 0 Å². The summed E-state index contributed by atoms with van der Waals surface area (Å²) in [6.45, 7) is 0.166. The fourth-order valence-corrected chi connectivity index (χ4v) is 2.26. The molecule has 6 heteroatoms. The number of hydrogen-bond donors (Lipinski definition) is 1. The van der Waals surface area contributed by atoms with Crippen molar-refractivity contribution in [2.24, 2.45) is 0 Å². The number of nitro benzene ring substituents is 1. The van der Waals surface area contributed by atoms with E-state index >= 15 is 0 Å². The maximum atomic E-state index is 10.7. The van der Waals surface area contributed by atoms with Gasteiger partial charge in [0.25, 0.3) is 5.69 Å². The second-order valence-corrected chi connectivity index (χ2v) is 4.49. The Labute approximate surface area is 104 Å². The molecule has 0 unspecified atom stereocenters. The van der Waals surface area contributed by atoms with Gasteiger partial charge in [-0.15, -0.1) is 0 Å². The van der Waals surface area contributed by atoms with E-state index in [4.69, 9.17) is 9.84 Å². The first-order chi connectivity index (χ1) is 8.19. The highest BCUT2D eigenvalue weighted by molar-refractivity contribution is 7.98. The van der Waals surface area contributed by atoms with Crippen molar-refractivity contribution in [1.82, 2.24) is 0 Å². The van der Waals surface area contributed by atoms with Crippen LogP contribution in [-0.2, 0) is 5.75 Å². The zero-order valence-corrected chi connectivity index (χ0v) is 10.4. The highest BCUT2D eigenvalue weighted by Gasteiger charge is 2.10. The van der Waals surface area contributed by atoms with Crippen molar-refractivity contribution in [3.8, 4) is 5.75 Å². The van der Waals surface area contributed by atoms with E-state index in [1.54, 1.807) is 24.9 Å². The number of rotatable bonds is 7. The Hall–Kier alpha value is -1.27. The average Bonchev–Trinajstić information content (AvgIpc) is 2.34. The molecule has 1 rings (SSSR count). The van der Waals surface area contributed by atoms with Gasteiger partial charge in [0.2, 0.25) is 0 Å². The molecule has 0 aromatic heterocycles. The Bertz CT molecular complexity index is 384. The lowest BCUT2D eigenvalue weighted by Crippen LogP contribution is -1.95. The molecule has 0 amide bonds. The van der Waals surface area contributed by atoms with Gasteiger partial charge in [0, 0.05) is 30.1 Å². The third-order valence-corrected chi connectivity index (χ3v) is 3.27. The van der Waals surface area contributed by atoms with Crippen LogP contribution in [0.5, 0.6) is 5.75 Å². The van der Waals surface area contributed by atoms with Gasteiger partial charge in [0.1, 0.15) is 5.75 Å². The van der Waals surface area contributed by atoms with Crippen molar-refractivity contribution in [3.05, 3.63) is 33.9 Å². The summed E-state index contributed by atoms with van der Waals surface area (Å²) in [5.74, 6) is 2.12. The number of ether oxygens (including phenoxy) is 1. The van der Waals surface area contributed by atoms with E-state index in [1.807, 2.05) is 0 Å². The van der Waals surface area contributed by atoms with Crippen molar-refractivity contribution >= 4 is 17.4 Å². The number of nitrogens with zero attached hydrogens (tertiary/aromatic N) is 1. The summed E-state index contributed by atoms with van der Waals surface area (Å²) in [7, 11) is 1.54. The predicted molar refractivity (Wildman–Crippen MR) is 67.5 cm³/mol. The summed E-state index contributed by atoms with van der Waals surface area (Å²) >= 11 is 1.62. The molecule has 0 atom stereocenters. The summed E-state index contributed by atoms with van der Waals surface area (Å²) in [6.07, 6.45) is 0.724. The number of non-ortho nitro benzene ring substituents is 1. The fourth-order valence-electron chi connectivity index (χ4n) is 1.34. The van der Waals surface area contributed by atoms with Gasteiger partial charge in [-0.3, -0.25) is 10.1 Å². The molecule has 0 saturated carbocycles. The molecule has 1 aromatic carbocycles. The molecular weight excluding hydrogens is 242 g/mol. The summed E-state index contributed by atoms with van der Waals surface area (Å²) in [5.41, 5.74) is 0.883. The molecular formula is C11H15NO4S. The first-order valence-electron chi connectivity index (χ1n) is 5.19. The quantitative estimate of drug-likeness (QED) is 0.460. The number of thioether (sulfide) groups is 1. The molecule has 0 aliphatic carbocycles. The highest BCUT2D eigenvalue weighted by atomic mass is 32.2. The van der Waals surface area contributed by atoms with Crippen LogP contribution in [0.25, 0.3) is 0 Å². The van der Waals surface area contributed by atoms with Crippen LogP contribution in [0.3, 0.4) is 0 Å². The van der Waals surface area contributed by atoms with Crippen molar-refractivity contribution < 1.29 is 14.8 Å². The maximum absolute atomic E-state index is 10.7. The molecule has 5 nitrogen and oxygen atoms in total. The smallest absolute Gasteiger partial charge is 0.270 e. The van der Waals surface area contributed by atoms with Crippen LogP contribution in [0, 0.1) is 10.1 Å². The highest BCUT2D eigenvalue weighted by Crippen LogP contribution is 2.27. The van der Waals surface area contributed by atoms with E-state index in [9.17, 15) is 10.1 Å². The van der Waals surface area contributed by atoms with Gasteiger partial charge in [-0.2, -0.15) is 11.8 Å². The Morgan fingerprint density at radius 2 is 2.29 bits per heavy atom. The second kappa shape index (κ2) is 7.13. The Kier molecular flexibility index (Phi) is 5.79. The average molecular weight is 257 g/mol. The number of aliphatic hydroxyl groups excluding tert-OH is 1. The first kappa shape index (κ1) is 13.8. The Balaban J connectivity index is 2.72. The summed E-state index contributed by atoms with van der Waals surface area (Å²) in [5, 5.41) is 19.3. The summed E-state index contributed by atoms with van der Waals surface area (Å²) in [4.78, 5) is 10.2. The lowest BCUT2D eigenvalue weighted by Gasteiger charge is -2.07. The lowest BCUT2D eigenvalue weighted by molar-refractivity contribution is -0.384. The Morgan fingerprint density at radius 3 is 2.88 bits per heavy atom. The van der Waals surface area contributed by atoms with Crippen LogP contribution < -0.4 is 4.74 Å². The molecule has 0 aliphatic rings. The summed E-state index contributed by atoms with van der Waals surface area (Å²) in [6, 6.07) is 4.57. The normalized spacial score (nSPS) is 10.2. The van der Waals surface area contributed by atoms with Crippen LogP contribution in [0.4, 0.5) is 5.69 Å². The van der Waals surface area contributed by atoms with E-state index in [1.165, 1.54) is 12.1 Å². The van der Waals surface area contributed by atoms with Gasteiger partial charge < -0.3 is 9.84 Å². The third kappa shape index (κ3) is 4.24. The molecule has 0 fully saturated rings. The Morgan fingerprint density at radius 1 is 1.53 bits per heavy atom. The standard InChI is InChI=1S/C11H15NO4S/c1-16-11-4-3-10(12(14)15)7-9(11)8-17-6-2-5-13/h3-4,7,13H,2,5-6,8H2,1H3. The van der Waals surface area contributed by atoms with E-state index in [0.29, 0.717) is 11.5 Å². The van der Waals surface area contributed by atoms with Crippen molar-refractivity contribution in [1.29, 1.82) is 0 Å². The number of nitro groups is 1. The minimum atomic E-state index is -0.415. The van der Waals surface area contributed by atoms with E-state index < -0.39 is 4.92 Å². The van der Waals surface area contributed by atoms with Crippen molar-refractivity contribution in [3.63, 3.8) is 0 Å². The molecule has 0 saturated heterocycles. The monoisotopic (exact) mass is 257 g/mol. The topological polar surface area (TPSA) is 72.6 Å². The minimum Gasteiger partial charge on any atom is -0.496 e. The molecule has 0 spiro atoms. The van der Waals surface area contributed by atoms with Crippen molar-refractivity contribution in [2.75, 3.05) is 19.5 Å². The van der Waals surface area contributed by atoms with Gasteiger partial charge in [0.15, 0.2) is 0 Å². The van der Waals surface area contributed by atoms with Crippen molar-refractivity contribution in [2.45, 2.75) is 12.2 Å². The van der Waals surface area contributed by atoms with E-state index in [-0.39, 0.29) is 12.3 Å². The molecule has 0 radical (unpaired) electrons. The maximum Gasteiger partial charge on any atom is 0.270 e. The van der Waals surface area contributed by atoms with Gasteiger partial charge >= 0.3 is 0 Å². The van der Waals surface area contributed by atoms with Crippen LogP contribution >= 0.6 is 11.8 Å². The zero-order valence-electron chi connectivity index (χ0n) is 9.59. The third-order valence-electron chi connectivity index (χ3n) is 2.18. The molecule has 0 bridgehead atoms. The van der Waals surface area contributed by atoms with Crippen LogP contribution in [0.1, 0.15) is 12.0 Å². The second-order valence-electron chi connectivity index (χ2n) is 3.38.